The molecular formula is C12H16BrNO2S. The van der Waals surface area contributed by atoms with Crippen LogP contribution in [-0.2, 0) is 10.0 Å². The normalized spacial score (nSPS) is 11.5. The lowest BCUT2D eigenvalue weighted by Gasteiger charge is -2.09. The van der Waals surface area contributed by atoms with E-state index in [-0.39, 0.29) is 11.4 Å². The summed E-state index contributed by atoms with van der Waals surface area (Å²) in [7, 11) is -3.48. The van der Waals surface area contributed by atoms with Crippen LogP contribution in [0, 0.1) is 6.92 Å². The molecule has 0 bridgehead atoms. The zero-order valence-electron chi connectivity index (χ0n) is 9.96. The summed E-state index contributed by atoms with van der Waals surface area (Å²) in [6.45, 7) is 7.85. The summed E-state index contributed by atoms with van der Waals surface area (Å²) < 4.78 is 27.2. The summed E-state index contributed by atoms with van der Waals surface area (Å²) in [5, 5.41) is 0. The van der Waals surface area contributed by atoms with Crippen LogP contribution in [0.25, 0.3) is 0 Å². The van der Waals surface area contributed by atoms with Gasteiger partial charge in [-0.25, -0.2) is 13.1 Å². The molecule has 1 aromatic carbocycles. The van der Waals surface area contributed by atoms with E-state index in [0.29, 0.717) is 4.47 Å². The molecule has 1 aromatic rings. The van der Waals surface area contributed by atoms with E-state index < -0.39 is 10.0 Å². The molecule has 0 aliphatic heterocycles. The number of hydrogen-bond acceptors (Lipinski definition) is 2. The van der Waals surface area contributed by atoms with Crippen molar-refractivity contribution in [1.29, 1.82) is 0 Å². The number of nitrogens with one attached hydrogen (secondary N) is 1. The number of sulfonamides is 1. The monoisotopic (exact) mass is 317 g/mol. The standard InChI is InChI=1S/C12H16BrNO2S/c1-4-9(2)8-14-17(15,16)12-7-10(3)5-6-11(12)13/h5-7,14H,2,4,8H2,1,3H3. The van der Waals surface area contributed by atoms with Crippen molar-refractivity contribution < 1.29 is 8.42 Å². The molecule has 1 N–H and O–H groups in total. The van der Waals surface area contributed by atoms with E-state index in [9.17, 15) is 8.42 Å². The Morgan fingerprint density at radius 1 is 1.47 bits per heavy atom. The number of halogens is 1. The van der Waals surface area contributed by atoms with Gasteiger partial charge in [0.1, 0.15) is 0 Å². The third-order valence-corrected chi connectivity index (χ3v) is 4.78. The average Bonchev–Trinajstić information content (AvgIpc) is 2.29. The van der Waals surface area contributed by atoms with Crippen molar-refractivity contribution in [1.82, 2.24) is 4.72 Å². The molecule has 0 aliphatic carbocycles. The Morgan fingerprint density at radius 3 is 2.71 bits per heavy atom. The van der Waals surface area contributed by atoms with Crippen molar-refractivity contribution in [3.8, 4) is 0 Å². The van der Waals surface area contributed by atoms with E-state index in [1.807, 2.05) is 19.9 Å². The first-order chi connectivity index (χ1) is 7.86. The Morgan fingerprint density at radius 2 is 2.12 bits per heavy atom. The van der Waals surface area contributed by atoms with Crippen molar-refractivity contribution in [3.05, 3.63) is 40.4 Å². The molecule has 0 aromatic heterocycles. The van der Waals surface area contributed by atoms with Gasteiger partial charge in [-0.2, -0.15) is 0 Å². The van der Waals surface area contributed by atoms with Crippen LogP contribution in [0.3, 0.4) is 0 Å². The number of aryl methyl sites for hydroxylation is 1. The van der Waals surface area contributed by atoms with E-state index in [1.165, 1.54) is 0 Å². The highest BCUT2D eigenvalue weighted by Gasteiger charge is 2.17. The average molecular weight is 318 g/mol. The molecule has 5 heteroatoms. The number of hydrogen-bond donors (Lipinski definition) is 1. The third-order valence-electron chi connectivity index (χ3n) is 2.39. The van der Waals surface area contributed by atoms with E-state index in [0.717, 1.165) is 17.6 Å². The Kier molecular flexibility index (Phi) is 4.91. The van der Waals surface area contributed by atoms with E-state index in [2.05, 4.69) is 27.2 Å². The van der Waals surface area contributed by atoms with E-state index in [1.54, 1.807) is 12.1 Å². The van der Waals surface area contributed by atoms with Crippen molar-refractivity contribution in [2.75, 3.05) is 6.54 Å². The lowest BCUT2D eigenvalue weighted by Crippen LogP contribution is -2.26. The van der Waals surface area contributed by atoms with Crippen LogP contribution >= 0.6 is 15.9 Å². The molecule has 0 fully saturated rings. The van der Waals surface area contributed by atoms with Crippen LogP contribution in [0.1, 0.15) is 18.9 Å². The van der Waals surface area contributed by atoms with Gasteiger partial charge in [-0.05, 0) is 47.0 Å². The molecule has 3 nitrogen and oxygen atoms in total. The topological polar surface area (TPSA) is 46.2 Å². The van der Waals surface area contributed by atoms with Gasteiger partial charge in [-0.15, -0.1) is 0 Å². The maximum Gasteiger partial charge on any atom is 0.241 e. The lowest BCUT2D eigenvalue weighted by atomic mass is 10.2. The quantitative estimate of drug-likeness (QED) is 0.848. The van der Waals surface area contributed by atoms with Crippen LogP contribution in [0.5, 0.6) is 0 Å². The molecule has 0 spiro atoms. The fourth-order valence-corrected chi connectivity index (χ4v) is 3.32. The van der Waals surface area contributed by atoms with Gasteiger partial charge in [-0.1, -0.05) is 25.1 Å². The number of benzene rings is 1. The molecule has 0 amide bonds. The highest BCUT2D eigenvalue weighted by atomic mass is 79.9. The highest BCUT2D eigenvalue weighted by molar-refractivity contribution is 9.10. The van der Waals surface area contributed by atoms with Gasteiger partial charge in [0.2, 0.25) is 10.0 Å². The summed E-state index contributed by atoms with van der Waals surface area (Å²) in [6, 6.07) is 5.23. The predicted octanol–water partition coefficient (Wildman–Crippen LogP) is 3.00. The largest absolute Gasteiger partial charge is 0.241 e. The Hall–Kier alpha value is -0.650. The highest BCUT2D eigenvalue weighted by Crippen LogP contribution is 2.22. The van der Waals surface area contributed by atoms with Crippen LogP contribution in [-0.4, -0.2) is 15.0 Å². The van der Waals surface area contributed by atoms with Gasteiger partial charge in [0, 0.05) is 11.0 Å². The Balaban J connectivity index is 2.97. The van der Waals surface area contributed by atoms with E-state index in [4.69, 9.17) is 0 Å². The van der Waals surface area contributed by atoms with Crippen LogP contribution < -0.4 is 4.72 Å². The molecule has 0 saturated carbocycles. The lowest BCUT2D eigenvalue weighted by molar-refractivity contribution is 0.583. The smallest absolute Gasteiger partial charge is 0.207 e. The van der Waals surface area contributed by atoms with Crippen molar-refractivity contribution >= 4 is 26.0 Å². The van der Waals surface area contributed by atoms with Crippen LogP contribution in [0.15, 0.2) is 39.7 Å². The second-order valence-electron chi connectivity index (χ2n) is 3.86. The molecule has 0 unspecified atom stereocenters. The predicted molar refractivity (Wildman–Crippen MR) is 73.5 cm³/mol. The maximum absolute atomic E-state index is 12.0. The van der Waals surface area contributed by atoms with Gasteiger partial charge in [0.15, 0.2) is 0 Å². The van der Waals surface area contributed by atoms with Gasteiger partial charge < -0.3 is 0 Å². The summed E-state index contributed by atoms with van der Waals surface area (Å²) in [5.74, 6) is 0. The van der Waals surface area contributed by atoms with Gasteiger partial charge in [-0.3, -0.25) is 0 Å². The first kappa shape index (κ1) is 14.4. The molecule has 17 heavy (non-hydrogen) atoms. The fraction of sp³-hybridized carbons (Fsp3) is 0.333. The van der Waals surface area contributed by atoms with Gasteiger partial charge >= 0.3 is 0 Å². The van der Waals surface area contributed by atoms with Crippen molar-refractivity contribution in [3.63, 3.8) is 0 Å². The van der Waals surface area contributed by atoms with Crippen LogP contribution in [0.2, 0.25) is 0 Å². The van der Waals surface area contributed by atoms with Gasteiger partial charge in [0.25, 0.3) is 0 Å². The van der Waals surface area contributed by atoms with Gasteiger partial charge in [0.05, 0.1) is 4.90 Å². The fourth-order valence-electron chi connectivity index (χ4n) is 1.22. The SMILES string of the molecule is C=C(CC)CNS(=O)(=O)c1cc(C)ccc1Br. The summed E-state index contributed by atoms with van der Waals surface area (Å²) in [4.78, 5) is 0.265. The molecule has 1 rings (SSSR count). The molecule has 0 saturated heterocycles. The molecule has 0 atom stereocenters. The Bertz CT molecular complexity index is 523. The summed E-state index contributed by atoms with van der Waals surface area (Å²) in [6.07, 6.45) is 0.761. The minimum atomic E-state index is -3.48. The summed E-state index contributed by atoms with van der Waals surface area (Å²) in [5.41, 5.74) is 1.76. The Labute approximate surface area is 111 Å². The minimum Gasteiger partial charge on any atom is -0.207 e. The second kappa shape index (κ2) is 5.80. The maximum atomic E-state index is 12.0. The zero-order chi connectivity index (χ0) is 13.1. The summed E-state index contributed by atoms with van der Waals surface area (Å²) >= 11 is 3.25. The molecule has 0 radical (unpaired) electrons. The molecular weight excluding hydrogens is 302 g/mol. The minimum absolute atomic E-state index is 0.265. The first-order valence-electron chi connectivity index (χ1n) is 5.29. The van der Waals surface area contributed by atoms with Crippen molar-refractivity contribution in [2.45, 2.75) is 25.2 Å². The van der Waals surface area contributed by atoms with E-state index >= 15 is 0 Å². The number of rotatable bonds is 5. The zero-order valence-corrected chi connectivity index (χ0v) is 12.4. The first-order valence-corrected chi connectivity index (χ1v) is 7.57. The molecule has 0 aliphatic rings. The molecule has 0 heterocycles. The second-order valence-corrected chi connectivity index (χ2v) is 6.45. The molecule has 94 valence electrons. The van der Waals surface area contributed by atoms with Crippen molar-refractivity contribution in [2.24, 2.45) is 0 Å². The van der Waals surface area contributed by atoms with Crippen LogP contribution in [0.4, 0.5) is 0 Å². The third kappa shape index (κ3) is 3.94.